The number of carbonyl (C=O) groups excluding carboxylic acids is 1. The van der Waals surface area contributed by atoms with Gasteiger partial charge in [0, 0.05) is 36.5 Å². The highest BCUT2D eigenvalue weighted by Crippen LogP contribution is 2.35. The van der Waals surface area contributed by atoms with Gasteiger partial charge in [-0.05, 0) is 53.8 Å². The topological polar surface area (TPSA) is 66.8 Å². The Morgan fingerprint density at radius 3 is 2.50 bits per heavy atom. The summed E-state index contributed by atoms with van der Waals surface area (Å²) in [5, 5.41) is 4.44. The molecule has 0 atom stereocenters. The molecule has 0 saturated carbocycles. The number of carbonyl (C=O) groups is 1. The molecular formula is C20H16Cl3IN4O2. The first-order valence-corrected chi connectivity index (χ1v) is 10.8. The third kappa shape index (κ3) is 4.91. The zero-order chi connectivity index (χ0) is 22.0. The molecule has 1 aliphatic rings. The molecule has 0 spiro atoms. The first-order valence-electron chi connectivity index (χ1n) is 8.60. The van der Waals surface area contributed by atoms with Gasteiger partial charge >= 0.3 is 6.09 Å². The number of aromatic nitrogens is 1. The second-order valence-corrected chi connectivity index (χ2v) is 8.85. The SMILES string of the molecule is CC(=C1NC(I)=CN=C1c1c(Cl)cc(Cl)cc1Cl)c1ncccc1OC(=O)N(C)C. The van der Waals surface area contributed by atoms with Crippen LogP contribution in [0.1, 0.15) is 18.2 Å². The molecule has 0 unspecified atom stereocenters. The Balaban J connectivity index is 2.17. The van der Waals surface area contributed by atoms with Gasteiger partial charge in [0.05, 0.1) is 31.4 Å². The number of benzene rings is 1. The lowest BCUT2D eigenvalue weighted by molar-refractivity contribution is 0.171. The Bertz CT molecular complexity index is 1090. The lowest BCUT2D eigenvalue weighted by Gasteiger charge is -2.22. The van der Waals surface area contributed by atoms with E-state index in [9.17, 15) is 4.79 Å². The van der Waals surface area contributed by atoms with Gasteiger partial charge in [-0.15, -0.1) is 0 Å². The van der Waals surface area contributed by atoms with Crippen molar-refractivity contribution in [2.75, 3.05) is 14.1 Å². The summed E-state index contributed by atoms with van der Waals surface area (Å²) in [6.07, 6.45) is 2.78. The van der Waals surface area contributed by atoms with Crippen molar-refractivity contribution in [2.45, 2.75) is 6.92 Å². The number of nitrogens with zero attached hydrogens (tertiary/aromatic N) is 3. The fraction of sp³-hybridized carbons (Fsp3) is 0.150. The van der Waals surface area contributed by atoms with Gasteiger partial charge in [0.1, 0.15) is 5.69 Å². The normalized spacial score (nSPS) is 15.0. The van der Waals surface area contributed by atoms with Crippen LogP contribution in [-0.4, -0.2) is 35.8 Å². The van der Waals surface area contributed by atoms with Crippen LogP contribution in [0, 0.1) is 0 Å². The van der Waals surface area contributed by atoms with Crippen LogP contribution >= 0.6 is 57.4 Å². The molecule has 0 radical (unpaired) electrons. The fourth-order valence-electron chi connectivity index (χ4n) is 2.68. The van der Waals surface area contributed by atoms with Gasteiger partial charge in [0.25, 0.3) is 0 Å². The maximum atomic E-state index is 12.1. The average molecular weight is 578 g/mol. The molecule has 2 heterocycles. The minimum Gasteiger partial charge on any atom is -0.408 e. The molecule has 1 aromatic carbocycles. The monoisotopic (exact) mass is 576 g/mol. The number of pyridine rings is 1. The van der Waals surface area contributed by atoms with E-state index in [-0.39, 0.29) is 0 Å². The highest BCUT2D eigenvalue weighted by Gasteiger charge is 2.25. The summed E-state index contributed by atoms with van der Waals surface area (Å²) in [7, 11) is 3.21. The Morgan fingerprint density at radius 1 is 1.20 bits per heavy atom. The maximum absolute atomic E-state index is 12.1. The van der Waals surface area contributed by atoms with Crippen LogP contribution in [-0.2, 0) is 0 Å². The number of hydrogen-bond acceptors (Lipinski definition) is 5. The van der Waals surface area contributed by atoms with Crippen LogP contribution in [0.2, 0.25) is 15.1 Å². The molecule has 1 amide bonds. The number of amides is 1. The van der Waals surface area contributed by atoms with Gasteiger partial charge in [-0.1, -0.05) is 34.8 Å². The smallest absolute Gasteiger partial charge is 0.408 e. The van der Waals surface area contributed by atoms with E-state index >= 15 is 0 Å². The van der Waals surface area contributed by atoms with Crippen molar-refractivity contribution in [3.8, 4) is 5.75 Å². The molecule has 0 bridgehead atoms. The van der Waals surface area contributed by atoms with Crippen molar-refractivity contribution in [1.82, 2.24) is 15.2 Å². The Hall–Kier alpha value is -1.81. The van der Waals surface area contributed by atoms with Crippen LogP contribution in [0.25, 0.3) is 5.57 Å². The first-order chi connectivity index (χ1) is 14.2. The Labute approximate surface area is 202 Å². The first kappa shape index (κ1) is 22.9. The van der Waals surface area contributed by atoms with Crippen molar-refractivity contribution in [2.24, 2.45) is 4.99 Å². The second-order valence-electron chi connectivity index (χ2n) is 6.44. The summed E-state index contributed by atoms with van der Waals surface area (Å²) in [6.45, 7) is 1.85. The lowest BCUT2D eigenvalue weighted by Crippen LogP contribution is -2.26. The van der Waals surface area contributed by atoms with Gasteiger partial charge in [0.15, 0.2) is 5.75 Å². The van der Waals surface area contributed by atoms with E-state index in [2.05, 4.69) is 37.9 Å². The predicted octanol–water partition coefficient (Wildman–Crippen LogP) is 6.16. The summed E-state index contributed by atoms with van der Waals surface area (Å²) in [6, 6.07) is 6.58. The summed E-state index contributed by atoms with van der Waals surface area (Å²) >= 11 is 21.1. The van der Waals surface area contributed by atoms with Crippen LogP contribution in [0.3, 0.4) is 0 Å². The van der Waals surface area contributed by atoms with Crippen molar-refractivity contribution < 1.29 is 9.53 Å². The number of allylic oxidation sites excluding steroid dienone is 2. The number of rotatable bonds is 3. The Kier molecular flexibility index (Phi) is 7.28. The van der Waals surface area contributed by atoms with Crippen molar-refractivity contribution >= 4 is 74.8 Å². The van der Waals surface area contributed by atoms with E-state index in [1.165, 1.54) is 4.90 Å². The Morgan fingerprint density at radius 2 is 1.87 bits per heavy atom. The summed E-state index contributed by atoms with van der Waals surface area (Å²) in [5.74, 6) is 0.320. The van der Waals surface area contributed by atoms with Crippen LogP contribution < -0.4 is 10.1 Å². The molecule has 3 rings (SSSR count). The lowest BCUT2D eigenvalue weighted by atomic mass is 10.0. The third-order valence-corrected chi connectivity index (χ3v) is 5.46. The highest BCUT2D eigenvalue weighted by molar-refractivity contribution is 14.1. The van der Waals surface area contributed by atoms with Gasteiger partial charge in [0.2, 0.25) is 0 Å². The molecule has 0 aliphatic carbocycles. The van der Waals surface area contributed by atoms with E-state index in [4.69, 9.17) is 39.5 Å². The van der Waals surface area contributed by atoms with Crippen molar-refractivity contribution in [1.29, 1.82) is 0 Å². The quantitative estimate of drug-likeness (QED) is 0.351. The van der Waals surface area contributed by atoms with Crippen LogP contribution in [0.15, 0.2) is 51.1 Å². The van der Waals surface area contributed by atoms with Gasteiger partial charge in [-0.3, -0.25) is 9.98 Å². The van der Waals surface area contributed by atoms with Gasteiger partial charge in [-0.25, -0.2) is 4.79 Å². The molecule has 6 nitrogen and oxygen atoms in total. The van der Waals surface area contributed by atoms with E-state index in [0.717, 1.165) is 3.70 Å². The van der Waals surface area contributed by atoms with Crippen LogP contribution in [0.5, 0.6) is 5.75 Å². The number of nitrogens with one attached hydrogen (secondary N) is 1. The third-order valence-electron chi connectivity index (χ3n) is 4.10. The largest absolute Gasteiger partial charge is 0.414 e. The van der Waals surface area contributed by atoms with Crippen molar-refractivity contribution in [3.63, 3.8) is 0 Å². The molecule has 1 aromatic heterocycles. The molecular weight excluding hydrogens is 562 g/mol. The molecule has 1 aliphatic heterocycles. The van der Waals surface area contributed by atoms with Crippen LogP contribution in [0.4, 0.5) is 4.79 Å². The zero-order valence-corrected chi connectivity index (χ0v) is 20.6. The predicted molar refractivity (Wildman–Crippen MR) is 130 cm³/mol. The van der Waals surface area contributed by atoms with E-state index < -0.39 is 6.09 Å². The van der Waals surface area contributed by atoms with E-state index in [1.807, 2.05) is 6.92 Å². The molecule has 2 aromatic rings. The molecule has 0 saturated heterocycles. The zero-order valence-electron chi connectivity index (χ0n) is 16.1. The number of halogens is 4. The summed E-state index contributed by atoms with van der Waals surface area (Å²) < 4.78 is 6.27. The second kappa shape index (κ2) is 9.55. The number of ether oxygens (including phenoxy) is 1. The molecule has 30 heavy (non-hydrogen) atoms. The summed E-state index contributed by atoms with van der Waals surface area (Å²) in [5.41, 5.74) is 2.87. The molecule has 10 heteroatoms. The van der Waals surface area contributed by atoms with Gasteiger partial charge < -0.3 is 15.0 Å². The number of hydrogen-bond donors (Lipinski definition) is 1. The van der Waals surface area contributed by atoms with Crippen molar-refractivity contribution in [3.05, 3.63) is 72.4 Å². The highest BCUT2D eigenvalue weighted by atomic mass is 127. The summed E-state index contributed by atoms with van der Waals surface area (Å²) in [4.78, 5) is 22.4. The standard InChI is InChI=1S/C20H16Cl3IN4O2/c1-10(17-14(5-4-6-25-17)30-20(29)28(2)3)18-19(26-9-15(24)27-18)16-12(22)7-11(21)8-13(16)23/h4-9,27H,1-3H3. The molecule has 1 N–H and O–H groups in total. The van der Waals surface area contributed by atoms with Gasteiger partial charge in [-0.2, -0.15) is 0 Å². The molecule has 0 fully saturated rings. The minimum absolute atomic E-state index is 0.320. The van der Waals surface area contributed by atoms with E-state index in [0.29, 0.717) is 49.1 Å². The fourth-order valence-corrected chi connectivity index (χ4v) is 4.09. The average Bonchev–Trinajstić information content (AvgIpc) is 2.68. The number of aliphatic imine (C=N–C) groups is 1. The van der Waals surface area contributed by atoms with E-state index in [1.54, 1.807) is 50.8 Å². The maximum Gasteiger partial charge on any atom is 0.414 e. The molecule has 156 valence electrons. The minimum atomic E-state index is -0.509.